The molecular formula is C13H6N4. The Bertz CT molecular complexity index is 713. The molecule has 4 nitrogen and oxygen atoms in total. The van der Waals surface area contributed by atoms with Crippen LogP contribution in [0.25, 0.3) is 16.6 Å². The second kappa shape index (κ2) is 4.23. The number of hydrogen-bond acceptors (Lipinski definition) is 3. The quantitative estimate of drug-likeness (QED) is 0.689. The van der Waals surface area contributed by atoms with Crippen LogP contribution in [-0.2, 0) is 0 Å². The van der Waals surface area contributed by atoms with Gasteiger partial charge in [-0.2, -0.15) is 15.8 Å². The molecule has 0 aliphatic carbocycles. The minimum absolute atomic E-state index is 0.0520. The van der Waals surface area contributed by atoms with E-state index >= 15 is 0 Å². The van der Waals surface area contributed by atoms with E-state index in [2.05, 4.69) is 0 Å². The molecule has 4 heteroatoms. The van der Waals surface area contributed by atoms with Gasteiger partial charge < -0.3 is 4.57 Å². The SMILES string of the molecule is N#CC(C#N)=C(C#N)n1ccc2ccccc21. The first kappa shape index (κ1) is 10.5. The predicted octanol–water partition coefficient (Wildman–Crippen LogP) is 2.42. The number of aromatic nitrogens is 1. The molecule has 0 bridgehead atoms. The van der Waals surface area contributed by atoms with Crippen LogP contribution >= 0.6 is 0 Å². The topological polar surface area (TPSA) is 76.3 Å². The van der Waals surface area contributed by atoms with E-state index in [-0.39, 0.29) is 11.3 Å². The third-order valence-electron chi connectivity index (χ3n) is 2.41. The maximum absolute atomic E-state index is 9.06. The third kappa shape index (κ3) is 1.63. The lowest BCUT2D eigenvalue weighted by atomic mass is 10.2. The molecule has 1 aromatic carbocycles. The lowest BCUT2D eigenvalue weighted by Gasteiger charge is -2.02. The normalized spacial score (nSPS) is 9.00. The van der Waals surface area contributed by atoms with Crippen LogP contribution in [0.3, 0.4) is 0 Å². The minimum atomic E-state index is -0.186. The molecule has 0 N–H and O–H groups in total. The molecule has 0 saturated heterocycles. The molecule has 0 spiro atoms. The molecule has 2 aromatic rings. The summed E-state index contributed by atoms with van der Waals surface area (Å²) in [6.45, 7) is 0. The van der Waals surface area contributed by atoms with Crippen LogP contribution < -0.4 is 0 Å². The highest BCUT2D eigenvalue weighted by Crippen LogP contribution is 2.20. The van der Waals surface area contributed by atoms with Crippen molar-refractivity contribution >= 4 is 16.6 Å². The first-order chi connectivity index (χ1) is 8.31. The van der Waals surface area contributed by atoms with Crippen LogP contribution in [0.2, 0.25) is 0 Å². The Morgan fingerprint density at radius 3 is 2.29 bits per heavy atom. The molecular weight excluding hydrogens is 212 g/mol. The lowest BCUT2D eigenvalue weighted by Crippen LogP contribution is -1.96. The lowest BCUT2D eigenvalue weighted by molar-refractivity contribution is 1.17. The van der Waals surface area contributed by atoms with E-state index in [9.17, 15) is 0 Å². The van der Waals surface area contributed by atoms with Gasteiger partial charge in [-0.15, -0.1) is 0 Å². The van der Waals surface area contributed by atoms with Crippen molar-refractivity contribution in [3.05, 3.63) is 42.1 Å². The Labute approximate surface area is 97.8 Å². The number of allylic oxidation sites excluding steroid dienone is 2. The molecule has 1 aromatic heterocycles. The maximum Gasteiger partial charge on any atom is 0.164 e. The van der Waals surface area contributed by atoms with Gasteiger partial charge in [-0.1, -0.05) is 18.2 Å². The molecule has 2 rings (SSSR count). The van der Waals surface area contributed by atoms with Gasteiger partial charge in [0.15, 0.2) is 11.3 Å². The standard InChI is InChI=1S/C13H6N4/c14-7-11(8-15)13(9-16)17-6-5-10-3-1-2-4-12(10)17/h1-6H. The predicted molar refractivity (Wildman–Crippen MR) is 62.0 cm³/mol. The van der Waals surface area contributed by atoms with E-state index in [1.54, 1.807) is 22.9 Å². The zero-order valence-corrected chi connectivity index (χ0v) is 8.75. The molecule has 0 atom stereocenters. The summed E-state index contributed by atoms with van der Waals surface area (Å²) in [6.07, 6.45) is 1.68. The van der Waals surface area contributed by atoms with Crippen molar-refractivity contribution in [3.8, 4) is 18.2 Å². The first-order valence-electron chi connectivity index (χ1n) is 4.83. The smallest absolute Gasteiger partial charge is 0.164 e. The zero-order valence-electron chi connectivity index (χ0n) is 8.75. The van der Waals surface area contributed by atoms with Gasteiger partial charge >= 0.3 is 0 Å². The third-order valence-corrected chi connectivity index (χ3v) is 2.41. The van der Waals surface area contributed by atoms with Crippen LogP contribution in [0, 0.1) is 34.0 Å². The molecule has 0 amide bonds. The fourth-order valence-electron chi connectivity index (χ4n) is 1.64. The van der Waals surface area contributed by atoms with E-state index < -0.39 is 0 Å². The molecule has 0 saturated carbocycles. The van der Waals surface area contributed by atoms with E-state index in [1.165, 1.54) is 0 Å². The highest BCUT2D eigenvalue weighted by atomic mass is 15.0. The largest absolute Gasteiger partial charge is 0.306 e. The van der Waals surface area contributed by atoms with Crippen molar-refractivity contribution in [2.45, 2.75) is 0 Å². The van der Waals surface area contributed by atoms with Crippen LogP contribution in [0.4, 0.5) is 0 Å². The second-order valence-corrected chi connectivity index (χ2v) is 3.30. The Morgan fingerprint density at radius 2 is 1.65 bits per heavy atom. The number of nitrogens with zero attached hydrogens (tertiary/aromatic N) is 4. The summed E-state index contributed by atoms with van der Waals surface area (Å²) in [5, 5.41) is 27.6. The number of nitriles is 3. The van der Waals surface area contributed by atoms with Crippen molar-refractivity contribution in [1.82, 2.24) is 4.57 Å². The molecule has 0 unspecified atom stereocenters. The van der Waals surface area contributed by atoms with Gasteiger partial charge in [0.05, 0.1) is 5.52 Å². The summed E-state index contributed by atoms with van der Waals surface area (Å²) in [6, 6.07) is 14.7. The van der Waals surface area contributed by atoms with Crippen molar-refractivity contribution in [3.63, 3.8) is 0 Å². The van der Waals surface area contributed by atoms with Gasteiger partial charge in [0.25, 0.3) is 0 Å². The summed E-state index contributed by atoms with van der Waals surface area (Å²) < 4.78 is 1.55. The number of hydrogen-bond donors (Lipinski definition) is 0. The summed E-state index contributed by atoms with van der Waals surface area (Å²) >= 11 is 0. The molecule has 0 aliphatic rings. The first-order valence-corrected chi connectivity index (χ1v) is 4.83. The van der Waals surface area contributed by atoms with Crippen LogP contribution in [-0.4, -0.2) is 4.57 Å². The van der Waals surface area contributed by atoms with Crippen LogP contribution in [0.1, 0.15) is 0 Å². The molecule has 0 radical (unpaired) electrons. The average molecular weight is 218 g/mol. The fraction of sp³-hybridized carbons (Fsp3) is 0. The summed E-state index contributed by atoms with van der Waals surface area (Å²) in [5.41, 5.74) is 0.664. The Morgan fingerprint density at radius 1 is 0.941 bits per heavy atom. The van der Waals surface area contributed by atoms with Crippen molar-refractivity contribution in [2.24, 2.45) is 0 Å². The van der Waals surface area contributed by atoms with Gasteiger partial charge in [-0.3, -0.25) is 0 Å². The van der Waals surface area contributed by atoms with Gasteiger partial charge in [-0.25, -0.2) is 0 Å². The highest BCUT2D eigenvalue weighted by Gasteiger charge is 2.10. The average Bonchev–Trinajstić information content (AvgIpc) is 2.79. The maximum atomic E-state index is 9.06. The van der Waals surface area contributed by atoms with E-state index in [0.29, 0.717) is 0 Å². The molecule has 0 fully saturated rings. The van der Waals surface area contributed by atoms with Gasteiger partial charge in [0, 0.05) is 6.20 Å². The van der Waals surface area contributed by atoms with Crippen LogP contribution in [0.5, 0.6) is 0 Å². The molecule has 1 heterocycles. The molecule has 78 valence electrons. The van der Waals surface area contributed by atoms with Gasteiger partial charge in [0.2, 0.25) is 0 Å². The van der Waals surface area contributed by atoms with Gasteiger partial charge in [-0.05, 0) is 17.5 Å². The zero-order chi connectivity index (χ0) is 12.3. The van der Waals surface area contributed by atoms with E-state index in [1.807, 2.05) is 36.4 Å². The van der Waals surface area contributed by atoms with Crippen molar-refractivity contribution < 1.29 is 0 Å². The second-order valence-electron chi connectivity index (χ2n) is 3.30. The van der Waals surface area contributed by atoms with E-state index in [4.69, 9.17) is 15.8 Å². The fourth-order valence-corrected chi connectivity index (χ4v) is 1.64. The number of benzene rings is 1. The Kier molecular flexibility index (Phi) is 2.61. The Balaban J connectivity index is 2.79. The van der Waals surface area contributed by atoms with Crippen molar-refractivity contribution in [2.75, 3.05) is 0 Å². The number of fused-ring (bicyclic) bond motifs is 1. The van der Waals surface area contributed by atoms with Crippen molar-refractivity contribution in [1.29, 1.82) is 15.8 Å². The summed E-state index contributed by atoms with van der Waals surface area (Å²) in [7, 11) is 0. The summed E-state index contributed by atoms with van der Waals surface area (Å²) in [5.74, 6) is 0. The van der Waals surface area contributed by atoms with Gasteiger partial charge in [0.1, 0.15) is 18.2 Å². The molecule has 0 aliphatic heterocycles. The summed E-state index contributed by atoms with van der Waals surface area (Å²) in [4.78, 5) is 0. The monoisotopic (exact) mass is 218 g/mol. The van der Waals surface area contributed by atoms with Crippen LogP contribution in [0.15, 0.2) is 42.1 Å². The van der Waals surface area contributed by atoms with E-state index in [0.717, 1.165) is 10.9 Å². The number of rotatable bonds is 1. The minimum Gasteiger partial charge on any atom is -0.306 e. The molecule has 17 heavy (non-hydrogen) atoms. The number of para-hydroxylation sites is 1. The Hall–Kier alpha value is -3.03. The highest BCUT2D eigenvalue weighted by molar-refractivity contribution is 5.87.